The second-order valence-electron chi connectivity index (χ2n) is 5.62. The summed E-state index contributed by atoms with van der Waals surface area (Å²) in [6, 6.07) is 3.23. The zero-order chi connectivity index (χ0) is 15.3. The van der Waals surface area contributed by atoms with Gasteiger partial charge in [0.25, 0.3) is 10.0 Å². The molecule has 1 saturated heterocycles. The number of furan rings is 1. The molecule has 2 rings (SSSR count). The molecule has 0 saturated carbocycles. The highest BCUT2D eigenvalue weighted by Crippen LogP contribution is 2.37. The summed E-state index contributed by atoms with van der Waals surface area (Å²) in [7, 11) is -3.55. The molecule has 0 aromatic carbocycles. The smallest absolute Gasteiger partial charge is 0.274 e. The Bertz CT molecular complexity index is 548. The summed E-state index contributed by atoms with van der Waals surface area (Å²) in [6.07, 6.45) is 3.23. The van der Waals surface area contributed by atoms with Crippen molar-refractivity contribution in [2.24, 2.45) is 0 Å². The minimum atomic E-state index is -3.55. The van der Waals surface area contributed by atoms with Crippen LogP contribution in [0.15, 0.2) is 21.6 Å². The van der Waals surface area contributed by atoms with E-state index >= 15 is 0 Å². The van der Waals surface area contributed by atoms with Crippen LogP contribution in [-0.4, -0.2) is 32.0 Å². The molecule has 5 nitrogen and oxygen atoms in total. The van der Waals surface area contributed by atoms with E-state index in [1.807, 2.05) is 11.8 Å². The van der Waals surface area contributed by atoms with Gasteiger partial charge in [0.1, 0.15) is 5.76 Å². The molecule has 21 heavy (non-hydrogen) atoms. The first-order valence-electron chi connectivity index (χ1n) is 7.38. The summed E-state index contributed by atoms with van der Waals surface area (Å²) in [4.78, 5) is 0. The standard InChI is InChI=1S/C14H24N2O3S2/c1-3-8-15-10-12-5-6-13(19-12)21(17,18)16-11-14(2)7-4-9-20-14/h5-6,15-16H,3-4,7-11H2,1-2H3. The maximum Gasteiger partial charge on any atom is 0.274 e. The number of rotatable bonds is 8. The van der Waals surface area contributed by atoms with Crippen molar-refractivity contribution in [2.45, 2.75) is 49.5 Å². The Hall–Kier alpha value is -0.500. The maximum atomic E-state index is 12.2. The van der Waals surface area contributed by atoms with Crippen LogP contribution in [0.3, 0.4) is 0 Å². The first-order valence-corrected chi connectivity index (χ1v) is 9.85. The highest BCUT2D eigenvalue weighted by molar-refractivity contribution is 8.01. The molecule has 1 aliphatic heterocycles. The second kappa shape index (κ2) is 7.17. The number of hydrogen-bond acceptors (Lipinski definition) is 5. The highest BCUT2D eigenvalue weighted by atomic mass is 32.2. The fourth-order valence-corrected chi connectivity index (χ4v) is 4.73. The van der Waals surface area contributed by atoms with Crippen molar-refractivity contribution in [3.63, 3.8) is 0 Å². The molecule has 1 aliphatic rings. The number of nitrogens with one attached hydrogen (secondary N) is 2. The van der Waals surface area contributed by atoms with E-state index in [1.54, 1.807) is 6.07 Å². The molecular weight excluding hydrogens is 308 g/mol. The van der Waals surface area contributed by atoms with Crippen LogP contribution >= 0.6 is 11.8 Å². The number of hydrogen-bond donors (Lipinski definition) is 2. The minimum Gasteiger partial charge on any atom is -0.447 e. The van der Waals surface area contributed by atoms with Crippen LogP contribution in [0.1, 0.15) is 38.9 Å². The predicted octanol–water partition coefficient (Wildman–Crippen LogP) is 2.34. The zero-order valence-electron chi connectivity index (χ0n) is 12.6. The number of sulfonamides is 1. The molecule has 0 amide bonds. The van der Waals surface area contributed by atoms with E-state index in [0.717, 1.165) is 31.6 Å². The van der Waals surface area contributed by atoms with Gasteiger partial charge in [-0.05, 0) is 50.6 Å². The molecule has 2 heterocycles. The summed E-state index contributed by atoms with van der Waals surface area (Å²) in [5.74, 6) is 1.75. The van der Waals surface area contributed by atoms with Gasteiger partial charge in [0.05, 0.1) is 6.54 Å². The van der Waals surface area contributed by atoms with Crippen LogP contribution in [0.2, 0.25) is 0 Å². The third kappa shape index (κ3) is 4.74. The maximum absolute atomic E-state index is 12.2. The van der Waals surface area contributed by atoms with Crippen molar-refractivity contribution in [3.8, 4) is 0 Å². The molecule has 0 bridgehead atoms. The molecule has 0 radical (unpaired) electrons. The molecular formula is C14H24N2O3S2. The Kier molecular flexibility index (Phi) is 5.76. The lowest BCUT2D eigenvalue weighted by atomic mass is 10.1. The van der Waals surface area contributed by atoms with Gasteiger partial charge in [0.2, 0.25) is 5.09 Å². The van der Waals surface area contributed by atoms with Gasteiger partial charge in [0, 0.05) is 11.3 Å². The largest absolute Gasteiger partial charge is 0.447 e. The monoisotopic (exact) mass is 332 g/mol. The summed E-state index contributed by atoms with van der Waals surface area (Å²) in [6.45, 7) is 6.07. The zero-order valence-corrected chi connectivity index (χ0v) is 14.3. The van der Waals surface area contributed by atoms with Gasteiger partial charge >= 0.3 is 0 Å². The lowest BCUT2D eigenvalue weighted by molar-refractivity contribution is 0.399. The van der Waals surface area contributed by atoms with Gasteiger partial charge < -0.3 is 9.73 Å². The third-order valence-corrected chi connectivity index (χ3v) is 6.38. The summed E-state index contributed by atoms with van der Waals surface area (Å²) in [5, 5.41) is 3.19. The SMILES string of the molecule is CCCNCc1ccc(S(=O)(=O)NCC2(C)CCCS2)o1. The molecule has 0 aliphatic carbocycles. The van der Waals surface area contributed by atoms with E-state index in [0.29, 0.717) is 18.8 Å². The van der Waals surface area contributed by atoms with E-state index in [9.17, 15) is 8.42 Å². The van der Waals surface area contributed by atoms with Crippen molar-refractivity contribution >= 4 is 21.8 Å². The summed E-state index contributed by atoms with van der Waals surface area (Å²) < 4.78 is 32.6. The average molecular weight is 332 g/mol. The Labute approximate surface area is 131 Å². The van der Waals surface area contributed by atoms with Crippen molar-refractivity contribution in [1.29, 1.82) is 0 Å². The Morgan fingerprint density at radius 2 is 2.24 bits per heavy atom. The van der Waals surface area contributed by atoms with Crippen molar-refractivity contribution < 1.29 is 12.8 Å². The van der Waals surface area contributed by atoms with E-state index in [-0.39, 0.29) is 9.84 Å². The summed E-state index contributed by atoms with van der Waals surface area (Å²) in [5.41, 5.74) is 0. The Morgan fingerprint density at radius 3 is 2.90 bits per heavy atom. The Balaban J connectivity index is 1.92. The molecule has 1 atom stereocenters. The Morgan fingerprint density at radius 1 is 1.43 bits per heavy atom. The van der Waals surface area contributed by atoms with Gasteiger partial charge in [-0.15, -0.1) is 0 Å². The van der Waals surface area contributed by atoms with Crippen LogP contribution in [0.25, 0.3) is 0 Å². The molecule has 7 heteroatoms. The molecule has 1 aromatic rings. The van der Waals surface area contributed by atoms with Crippen LogP contribution in [0, 0.1) is 0 Å². The van der Waals surface area contributed by atoms with Crippen LogP contribution in [0.5, 0.6) is 0 Å². The molecule has 1 unspecified atom stereocenters. The fraction of sp³-hybridized carbons (Fsp3) is 0.714. The first kappa shape index (κ1) is 16.9. The van der Waals surface area contributed by atoms with E-state index < -0.39 is 10.0 Å². The topological polar surface area (TPSA) is 71.3 Å². The minimum absolute atomic E-state index is 0.00222. The lowest BCUT2D eigenvalue weighted by Gasteiger charge is -2.22. The van der Waals surface area contributed by atoms with Gasteiger partial charge in [-0.1, -0.05) is 6.92 Å². The van der Waals surface area contributed by atoms with Gasteiger partial charge in [-0.2, -0.15) is 11.8 Å². The lowest BCUT2D eigenvalue weighted by Crippen LogP contribution is -2.36. The molecule has 2 N–H and O–H groups in total. The normalized spacial score (nSPS) is 22.8. The fourth-order valence-electron chi connectivity index (χ4n) is 2.28. The predicted molar refractivity (Wildman–Crippen MR) is 86.0 cm³/mol. The second-order valence-corrected chi connectivity index (χ2v) is 9.00. The van der Waals surface area contributed by atoms with Gasteiger partial charge in [0.15, 0.2) is 0 Å². The van der Waals surface area contributed by atoms with E-state index in [4.69, 9.17) is 4.42 Å². The molecule has 1 fully saturated rings. The number of thioether (sulfide) groups is 1. The van der Waals surface area contributed by atoms with Crippen LogP contribution < -0.4 is 10.0 Å². The van der Waals surface area contributed by atoms with E-state index in [2.05, 4.69) is 23.9 Å². The third-order valence-electron chi connectivity index (χ3n) is 3.56. The van der Waals surface area contributed by atoms with Gasteiger partial charge in [-0.25, -0.2) is 13.1 Å². The van der Waals surface area contributed by atoms with Gasteiger partial charge in [-0.3, -0.25) is 0 Å². The molecule has 0 spiro atoms. The van der Waals surface area contributed by atoms with Crippen LogP contribution in [-0.2, 0) is 16.6 Å². The first-order chi connectivity index (χ1) is 9.95. The van der Waals surface area contributed by atoms with Crippen molar-refractivity contribution in [2.75, 3.05) is 18.8 Å². The average Bonchev–Trinajstić information content (AvgIpc) is 3.07. The van der Waals surface area contributed by atoms with Crippen molar-refractivity contribution in [3.05, 3.63) is 17.9 Å². The van der Waals surface area contributed by atoms with Crippen LogP contribution in [0.4, 0.5) is 0 Å². The summed E-state index contributed by atoms with van der Waals surface area (Å²) >= 11 is 1.83. The quantitative estimate of drug-likeness (QED) is 0.715. The van der Waals surface area contributed by atoms with E-state index in [1.165, 1.54) is 6.07 Å². The molecule has 1 aromatic heterocycles. The molecule has 120 valence electrons. The van der Waals surface area contributed by atoms with Crippen molar-refractivity contribution in [1.82, 2.24) is 10.0 Å². The highest BCUT2D eigenvalue weighted by Gasteiger charge is 2.31.